The van der Waals surface area contributed by atoms with Gasteiger partial charge < -0.3 is 5.32 Å². The van der Waals surface area contributed by atoms with E-state index >= 15 is 0 Å². The van der Waals surface area contributed by atoms with Crippen LogP contribution in [-0.4, -0.2) is 15.7 Å². The highest BCUT2D eigenvalue weighted by Crippen LogP contribution is 2.35. The molecule has 1 atom stereocenters. The second-order valence-electron chi connectivity index (χ2n) is 6.58. The van der Waals surface area contributed by atoms with Crippen molar-refractivity contribution < 1.29 is 4.79 Å². The summed E-state index contributed by atoms with van der Waals surface area (Å²) >= 11 is 0. The van der Waals surface area contributed by atoms with Crippen molar-refractivity contribution in [2.75, 3.05) is 5.32 Å². The topological polar surface area (TPSA) is 46.9 Å². The maximum atomic E-state index is 12.5. The van der Waals surface area contributed by atoms with Gasteiger partial charge in [0.2, 0.25) is 5.91 Å². The van der Waals surface area contributed by atoms with E-state index in [1.54, 1.807) is 6.20 Å². The molecule has 0 radical (unpaired) electrons. The van der Waals surface area contributed by atoms with Crippen LogP contribution in [0.15, 0.2) is 60.8 Å². The minimum atomic E-state index is 0.0532. The third-order valence-corrected chi connectivity index (χ3v) is 4.97. The Kier molecular flexibility index (Phi) is 4.10. The maximum absolute atomic E-state index is 12.5. The summed E-state index contributed by atoms with van der Waals surface area (Å²) in [5, 5.41) is 7.44. The number of rotatable bonds is 4. The summed E-state index contributed by atoms with van der Waals surface area (Å²) in [6.07, 6.45) is 4.36. The van der Waals surface area contributed by atoms with Crippen LogP contribution in [0.1, 0.15) is 35.6 Å². The van der Waals surface area contributed by atoms with Crippen molar-refractivity contribution in [3.05, 3.63) is 77.6 Å². The largest absolute Gasteiger partial charge is 0.323 e. The quantitative estimate of drug-likeness (QED) is 0.777. The molecule has 0 bridgehead atoms. The van der Waals surface area contributed by atoms with Crippen molar-refractivity contribution >= 4 is 11.6 Å². The van der Waals surface area contributed by atoms with E-state index in [2.05, 4.69) is 34.7 Å². The van der Waals surface area contributed by atoms with Crippen LogP contribution in [0.3, 0.4) is 0 Å². The van der Waals surface area contributed by atoms with Crippen molar-refractivity contribution in [2.45, 2.75) is 32.1 Å². The van der Waals surface area contributed by atoms with Crippen LogP contribution in [0.25, 0.3) is 5.69 Å². The van der Waals surface area contributed by atoms with Crippen molar-refractivity contribution in [3.8, 4) is 5.69 Å². The van der Waals surface area contributed by atoms with Crippen LogP contribution in [0, 0.1) is 6.92 Å². The molecule has 1 heterocycles. The van der Waals surface area contributed by atoms with Gasteiger partial charge in [-0.15, -0.1) is 0 Å². The minimum Gasteiger partial charge on any atom is -0.323 e. The average molecular weight is 331 g/mol. The Morgan fingerprint density at radius 1 is 1.16 bits per heavy atom. The zero-order valence-corrected chi connectivity index (χ0v) is 14.3. The summed E-state index contributed by atoms with van der Waals surface area (Å²) in [6, 6.07) is 18.4. The predicted octanol–water partition coefficient (Wildman–Crippen LogP) is 4.24. The molecule has 2 aromatic carbocycles. The molecule has 4 rings (SSSR count). The summed E-state index contributed by atoms with van der Waals surface area (Å²) in [5.41, 5.74) is 5.42. The SMILES string of the molecule is Cc1c(NC(=O)C[C@H]2CCc3ccccc32)cnn1-c1ccccc1. The van der Waals surface area contributed by atoms with Crippen LogP contribution >= 0.6 is 0 Å². The number of hydrogen-bond donors (Lipinski definition) is 1. The van der Waals surface area contributed by atoms with E-state index in [9.17, 15) is 4.79 Å². The van der Waals surface area contributed by atoms with E-state index in [0.29, 0.717) is 12.3 Å². The smallest absolute Gasteiger partial charge is 0.225 e. The van der Waals surface area contributed by atoms with E-state index in [0.717, 1.165) is 29.9 Å². The monoisotopic (exact) mass is 331 g/mol. The van der Waals surface area contributed by atoms with Gasteiger partial charge >= 0.3 is 0 Å². The third kappa shape index (κ3) is 3.07. The molecule has 4 heteroatoms. The number of amides is 1. The lowest BCUT2D eigenvalue weighted by molar-refractivity contribution is -0.116. The van der Waals surface area contributed by atoms with E-state index in [1.165, 1.54) is 11.1 Å². The predicted molar refractivity (Wildman–Crippen MR) is 99.1 cm³/mol. The first-order valence-electron chi connectivity index (χ1n) is 8.70. The fourth-order valence-corrected chi connectivity index (χ4v) is 3.64. The number of aryl methyl sites for hydroxylation is 1. The number of carbonyl (C=O) groups is 1. The second kappa shape index (κ2) is 6.55. The van der Waals surface area contributed by atoms with Crippen molar-refractivity contribution in [2.24, 2.45) is 0 Å². The van der Waals surface area contributed by atoms with Crippen LogP contribution in [0.4, 0.5) is 5.69 Å². The van der Waals surface area contributed by atoms with Crippen LogP contribution in [0.2, 0.25) is 0 Å². The number of fused-ring (bicyclic) bond motifs is 1. The first-order chi connectivity index (χ1) is 12.2. The van der Waals surface area contributed by atoms with Crippen molar-refractivity contribution in [1.82, 2.24) is 9.78 Å². The Bertz CT molecular complexity index is 899. The van der Waals surface area contributed by atoms with E-state index < -0.39 is 0 Å². The molecule has 3 aromatic rings. The molecular formula is C21H21N3O. The molecule has 1 N–H and O–H groups in total. The summed E-state index contributed by atoms with van der Waals surface area (Å²) in [6.45, 7) is 1.97. The Labute approximate surface area is 147 Å². The van der Waals surface area contributed by atoms with Gasteiger partial charge in [-0.2, -0.15) is 5.10 Å². The molecule has 0 saturated carbocycles. The van der Waals surface area contributed by atoms with Gasteiger partial charge in [0.1, 0.15) is 0 Å². The summed E-state index contributed by atoms with van der Waals surface area (Å²) in [7, 11) is 0. The Hall–Kier alpha value is -2.88. The fourth-order valence-electron chi connectivity index (χ4n) is 3.64. The third-order valence-electron chi connectivity index (χ3n) is 4.97. The summed E-state index contributed by atoms with van der Waals surface area (Å²) < 4.78 is 1.85. The lowest BCUT2D eigenvalue weighted by atomic mass is 9.97. The standard InChI is InChI=1S/C21H21N3O/c1-15-20(14-22-24(15)18-8-3-2-4-9-18)23-21(25)13-17-12-11-16-7-5-6-10-19(16)17/h2-10,14,17H,11-13H2,1H3,(H,23,25)/t17-/m1/s1. The molecule has 1 aliphatic rings. The second-order valence-corrected chi connectivity index (χ2v) is 6.58. The van der Waals surface area contributed by atoms with Gasteiger partial charge in [0.05, 0.1) is 23.3 Å². The van der Waals surface area contributed by atoms with Crippen LogP contribution in [0.5, 0.6) is 0 Å². The molecule has 0 saturated heterocycles. The first-order valence-corrected chi connectivity index (χ1v) is 8.70. The van der Waals surface area contributed by atoms with Gasteiger partial charge in [-0.25, -0.2) is 4.68 Å². The highest BCUT2D eigenvalue weighted by Gasteiger charge is 2.24. The molecule has 0 unspecified atom stereocenters. The number of nitrogens with one attached hydrogen (secondary N) is 1. The molecule has 0 spiro atoms. The number of nitrogens with zero attached hydrogens (tertiary/aromatic N) is 2. The van der Waals surface area contributed by atoms with Gasteiger partial charge in [0.15, 0.2) is 0 Å². The van der Waals surface area contributed by atoms with Gasteiger partial charge in [0, 0.05) is 6.42 Å². The number of para-hydroxylation sites is 1. The van der Waals surface area contributed by atoms with Crippen molar-refractivity contribution in [1.29, 1.82) is 0 Å². The highest BCUT2D eigenvalue weighted by molar-refractivity contribution is 5.91. The zero-order valence-electron chi connectivity index (χ0n) is 14.3. The van der Waals surface area contributed by atoms with Gasteiger partial charge in [-0.1, -0.05) is 42.5 Å². The Morgan fingerprint density at radius 2 is 1.92 bits per heavy atom. The first kappa shape index (κ1) is 15.6. The average Bonchev–Trinajstić information content (AvgIpc) is 3.20. The molecule has 1 aliphatic carbocycles. The van der Waals surface area contributed by atoms with Gasteiger partial charge in [-0.05, 0) is 48.9 Å². The minimum absolute atomic E-state index is 0.0532. The normalized spacial score (nSPS) is 15.8. The number of hydrogen-bond acceptors (Lipinski definition) is 2. The maximum Gasteiger partial charge on any atom is 0.225 e. The molecular weight excluding hydrogens is 310 g/mol. The Morgan fingerprint density at radius 3 is 2.76 bits per heavy atom. The number of carbonyl (C=O) groups excluding carboxylic acids is 1. The molecule has 25 heavy (non-hydrogen) atoms. The van der Waals surface area contributed by atoms with Gasteiger partial charge in [-0.3, -0.25) is 4.79 Å². The number of aromatic nitrogens is 2. The number of benzene rings is 2. The summed E-state index contributed by atoms with van der Waals surface area (Å²) in [4.78, 5) is 12.5. The van der Waals surface area contributed by atoms with Crippen molar-refractivity contribution in [3.63, 3.8) is 0 Å². The van der Waals surface area contributed by atoms with E-state index in [1.807, 2.05) is 41.9 Å². The number of anilines is 1. The van der Waals surface area contributed by atoms with Crippen LogP contribution < -0.4 is 5.32 Å². The van der Waals surface area contributed by atoms with E-state index in [-0.39, 0.29) is 5.91 Å². The fraction of sp³-hybridized carbons (Fsp3) is 0.238. The molecule has 126 valence electrons. The zero-order chi connectivity index (χ0) is 17.2. The lowest BCUT2D eigenvalue weighted by Gasteiger charge is -2.12. The molecule has 0 fully saturated rings. The molecule has 0 aliphatic heterocycles. The van der Waals surface area contributed by atoms with Crippen LogP contribution in [-0.2, 0) is 11.2 Å². The highest BCUT2D eigenvalue weighted by atomic mass is 16.1. The molecule has 4 nitrogen and oxygen atoms in total. The molecule has 1 amide bonds. The van der Waals surface area contributed by atoms with Gasteiger partial charge in [0.25, 0.3) is 0 Å². The summed E-state index contributed by atoms with van der Waals surface area (Å²) in [5.74, 6) is 0.373. The lowest BCUT2D eigenvalue weighted by Crippen LogP contribution is -2.15. The molecule has 1 aromatic heterocycles. The van der Waals surface area contributed by atoms with E-state index in [4.69, 9.17) is 0 Å². The Balaban J connectivity index is 1.47.